The second-order valence-electron chi connectivity index (χ2n) is 2.21. The van der Waals surface area contributed by atoms with Crippen LogP contribution in [0.3, 0.4) is 0 Å². The maximum absolute atomic E-state index is 9.20. The molecule has 0 bridgehead atoms. The minimum atomic E-state index is -1.16. The molecule has 0 fully saturated rings. The summed E-state index contributed by atoms with van der Waals surface area (Å²) in [5.41, 5.74) is 0.395. The van der Waals surface area contributed by atoms with Crippen LogP contribution in [-0.2, 0) is 0 Å². The summed E-state index contributed by atoms with van der Waals surface area (Å²) in [7, 11) is 0. The van der Waals surface area contributed by atoms with Crippen LogP contribution in [0.1, 0.15) is 11.8 Å². The molecule has 2 atom stereocenters. The molecule has 0 aliphatic rings. The molecular weight excluding hydrogens is 148 g/mol. The average Bonchev–Trinajstić information content (AvgIpc) is 2.53. The van der Waals surface area contributed by atoms with E-state index >= 15 is 0 Å². The Kier molecular flexibility index (Phi) is 2.58. The van der Waals surface area contributed by atoms with Gasteiger partial charge in [-0.25, -0.2) is 0 Å². The number of aromatic amines is 1. The first-order chi connectivity index (χ1) is 5.25. The molecule has 4 N–H and O–H groups in total. The monoisotopic (exact) mass is 158 g/mol. The largest absolute Gasteiger partial charge is 0.394 e. The Morgan fingerprint density at radius 2 is 2.27 bits per heavy atom. The van der Waals surface area contributed by atoms with Gasteiger partial charge in [0.25, 0.3) is 0 Å². The van der Waals surface area contributed by atoms with Crippen LogP contribution in [0.25, 0.3) is 0 Å². The van der Waals surface area contributed by atoms with Gasteiger partial charge >= 0.3 is 0 Å². The van der Waals surface area contributed by atoms with Crippen molar-refractivity contribution < 1.29 is 15.3 Å². The van der Waals surface area contributed by atoms with E-state index in [4.69, 9.17) is 10.2 Å². The number of aliphatic hydroxyl groups excluding tert-OH is 3. The lowest BCUT2D eigenvalue weighted by atomic mass is 10.1. The highest BCUT2D eigenvalue weighted by Gasteiger charge is 2.17. The second kappa shape index (κ2) is 3.47. The van der Waals surface area contributed by atoms with Gasteiger partial charge in [0.2, 0.25) is 0 Å². The molecule has 0 aliphatic carbocycles. The third kappa shape index (κ3) is 1.76. The van der Waals surface area contributed by atoms with E-state index in [1.165, 1.54) is 12.3 Å². The van der Waals surface area contributed by atoms with Crippen LogP contribution in [0.15, 0.2) is 12.3 Å². The van der Waals surface area contributed by atoms with Crippen LogP contribution < -0.4 is 0 Å². The van der Waals surface area contributed by atoms with Gasteiger partial charge in [0.15, 0.2) is 0 Å². The zero-order chi connectivity index (χ0) is 8.27. The summed E-state index contributed by atoms with van der Waals surface area (Å²) in [5.74, 6) is 0. The van der Waals surface area contributed by atoms with E-state index in [-0.39, 0.29) is 0 Å². The Balaban J connectivity index is 2.62. The third-order valence-electron chi connectivity index (χ3n) is 1.39. The Labute approximate surface area is 63.3 Å². The molecule has 0 unspecified atom stereocenters. The van der Waals surface area contributed by atoms with Gasteiger partial charge in [0.1, 0.15) is 12.2 Å². The van der Waals surface area contributed by atoms with Crippen molar-refractivity contribution in [1.82, 2.24) is 10.2 Å². The van der Waals surface area contributed by atoms with E-state index in [0.717, 1.165) is 0 Å². The van der Waals surface area contributed by atoms with Crippen molar-refractivity contribution in [2.24, 2.45) is 0 Å². The maximum Gasteiger partial charge on any atom is 0.123 e. The Bertz CT molecular complexity index is 200. The summed E-state index contributed by atoms with van der Waals surface area (Å²) in [6.07, 6.45) is -0.791. The van der Waals surface area contributed by atoms with Crippen molar-refractivity contribution in [1.29, 1.82) is 0 Å². The van der Waals surface area contributed by atoms with Gasteiger partial charge in [0.05, 0.1) is 12.3 Å². The molecule has 1 rings (SSSR count). The highest BCUT2D eigenvalue weighted by Crippen LogP contribution is 2.12. The molecule has 5 nitrogen and oxygen atoms in total. The smallest absolute Gasteiger partial charge is 0.123 e. The van der Waals surface area contributed by atoms with Gasteiger partial charge in [-0.2, -0.15) is 5.10 Å². The van der Waals surface area contributed by atoms with Gasteiger partial charge < -0.3 is 15.3 Å². The molecule has 5 heteroatoms. The average molecular weight is 158 g/mol. The standard InChI is InChI=1S/C6H10N2O3/c9-3-5(10)6(11)4-1-2-7-8-4/h1-2,5-6,9-11H,3H2,(H,7,8)/t5-,6+/m1/s1. The molecule has 62 valence electrons. The summed E-state index contributed by atoms with van der Waals surface area (Å²) in [5, 5.41) is 32.7. The Hall–Kier alpha value is -0.910. The van der Waals surface area contributed by atoms with Gasteiger partial charge in [-0.15, -0.1) is 0 Å². The summed E-state index contributed by atoms with van der Waals surface area (Å²) in [6, 6.07) is 1.53. The first kappa shape index (κ1) is 8.19. The summed E-state index contributed by atoms with van der Waals surface area (Å²) in [6.45, 7) is -0.472. The van der Waals surface area contributed by atoms with E-state index in [9.17, 15) is 5.11 Å². The van der Waals surface area contributed by atoms with Crippen LogP contribution in [0.2, 0.25) is 0 Å². The number of aliphatic hydroxyl groups is 3. The molecule has 11 heavy (non-hydrogen) atoms. The normalized spacial score (nSPS) is 16.3. The zero-order valence-electron chi connectivity index (χ0n) is 5.81. The topological polar surface area (TPSA) is 89.4 Å². The summed E-state index contributed by atoms with van der Waals surface area (Å²) < 4.78 is 0. The fraction of sp³-hybridized carbons (Fsp3) is 0.500. The van der Waals surface area contributed by atoms with Gasteiger partial charge in [-0.1, -0.05) is 0 Å². The lowest BCUT2D eigenvalue weighted by Crippen LogP contribution is -2.22. The molecule has 0 saturated carbocycles. The Morgan fingerprint density at radius 3 is 2.73 bits per heavy atom. The lowest BCUT2D eigenvalue weighted by molar-refractivity contribution is -0.0173. The van der Waals surface area contributed by atoms with Crippen LogP contribution in [0.4, 0.5) is 0 Å². The van der Waals surface area contributed by atoms with Crippen LogP contribution in [-0.4, -0.2) is 38.2 Å². The van der Waals surface area contributed by atoms with Gasteiger partial charge in [-0.3, -0.25) is 5.10 Å². The van der Waals surface area contributed by atoms with E-state index in [1.54, 1.807) is 0 Å². The molecule has 0 radical (unpaired) electrons. The van der Waals surface area contributed by atoms with Crippen molar-refractivity contribution in [3.63, 3.8) is 0 Å². The number of aromatic nitrogens is 2. The predicted octanol–water partition coefficient (Wildman–Crippen LogP) is -1.20. The van der Waals surface area contributed by atoms with Crippen molar-refractivity contribution in [2.45, 2.75) is 12.2 Å². The molecule has 0 aromatic carbocycles. The fourth-order valence-corrected chi connectivity index (χ4v) is 0.738. The van der Waals surface area contributed by atoms with E-state index in [1.807, 2.05) is 0 Å². The van der Waals surface area contributed by atoms with E-state index < -0.39 is 18.8 Å². The number of nitrogens with zero attached hydrogens (tertiary/aromatic N) is 1. The first-order valence-electron chi connectivity index (χ1n) is 3.22. The van der Waals surface area contributed by atoms with Gasteiger partial charge in [0, 0.05) is 6.20 Å². The number of nitrogens with one attached hydrogen (secondary N) is 1. The minimum Gasteiger partial charge on any atom is -0.394 e. The maximum atomic E-state index is 9.20. The molecule has 0 saturated heterocycles. The van der Waals surface area contributed by atoms with Crippen LogP contribution in [0, 0.1) is 0 Å². The van der Waals surface area contributed by atoms with Crippen LogP contribution >= 0.6 is 0 Å². The van der Waals surface area contributed by atoms with E-state index in [2.05, 4.69) is 10.2 Å². The molecular formula is C6H10N2O3. The van der Waals surface area contributed by atoms with Crippen molar-refractivity contribution in [3.05, 3.63) is 18.0 Å². The minimum absolute atomic E-state index is 0.395. The number of rotatable bonds is 3. The van der Waals surface area contributed by atoms with Gasteiger partial charge in [-0.05, 0) is 6.07 Å². The van der Waals surface area contributed by atoms with Crippen molar-refractivity contribution >= 4 is 0 Å². The molecule has 1 heterocycles. The Morgan fingerprint density at radius 1 is 1.55 bits per heavy atom. The lowest BCUT2D eigenvalue weighted by Gasteiger charge is -2.12. The zero-order valence-corrected chi connectivity index (χ0v) is 5.81. The SMILES string of the molecule is OC[C@@H](O)[C@@H](O)c1ccn[nH]1. The molecule has 1 aromatic rings. The fourth-order valence-electron chi connectivity index (χ4n) is 0.738. The van der Waals surface area contributed by atoms with E-state index in [0.29, 0.717) is 5.69 Å². The molecule has 0 spiro atoms. The number of hydrogen-bond acceptors (Lipinski definition) is 4. The van der Waals surface area contributed by atoms with Crippen LogP contribution in [0.5, 0.6) is 0 Å². The first-order valence-corrected chi connectivity index (χ1v) is 3.22. The van der Waals surface area contributed by atoms with Crippen molar-refractivity contribution in [2.75, 3.05) is 6.61 Å². The summed E-state index contributed by atoms with van der Waals surface area (Å²) in [4.78, 5) is 0. The number of H-pyrrole nitrogens is 1. The molecule has 0 amide bonds. The summed E-state index contributed by atoms with van der Waals surface area (Å²) >= 11 is 0. The third-order valence-corrected chi connectivity index (χ3v) is 1.39. The molecule has 0 aliphatic heterocycles. The molecule has 1 aromatic heterocycles. The number of hydrogen-bond donors (Lipinski definition) is 4. The predicted molar refractivity (Wildman–Crippen MR) is 36.6 cm³/mol. The highest BCUT2D eigenvalue weighted by molar-refractivity contribution is 5.03. The van der Waals surface area contributed by atoms with Crippen molar-refractivity contribution in [3.8, 4) is 0 Å². The second-order valence-corrected chi connectivity index (χ2v) is 2.21. The quantitative estimate of drug-likeness (QED) is 0.444. The highest BCUT2D eigenvalue weighted by atomic mass is 16.4.